The number of methoxy groups -OCH3 is 1. The predicted molar refractivity (Wildman–Crippen MR) is 112 cm³/mol. The van der Waals surface area contributed by atoms with Gasteiger partial charge < -0.3 is 14.2 Å². The highest BCUT2D eigenvalue weighted by Gasteiger charge is 2.42. The molecular weight excluding hydrogens is 380 g/mol. The van der Waals surface area contributed by atoms with E-state index in [2.05, 4.69) is 0 Å². The van der Waals surface area contributed by atoms with Crippen LogP contribution in [0.25, 0.3) is 0 Å². The first-order valence-corrected chi connectivity index (χ1v) is 10.2. The summed E-state index contributed by atoms with van der Waals surface area (Å²) >= 11 is 0. The van der Waals surface area contributed by atoms with E-state index in [1.807, 2.05) is 62.4 Å². The molecule has 0 radical (unpaired) electrons. The number of hydrogen-bond donors (Lipinski definition) is 0. The summed E-state index contributed by atoms with van der Waals surface area (Å²) < 4.78 is 17.0. The molecule has 30 heavy (non-hydrogen) atoms. The maximum atomic E-state index is 12.9. The molecule has 0 bridgehead atoms. The van der Waals surface area contributed by atoms with Crippen molar-refractivity contribution in [2.75, 3.05) is 7.11 Å². The van der Waals surface area contributed by atoms with Crippen LogP contribution in [-0.4, -0.2) is 18.9 Å². The van der Waals surface area contributed by atoms with Crippen molar-refractivity contribution in [2.24, 2.45) is 5.41 Å². The van der Waals surface area contributed by atoms with E-state index in [4.69, 9.17) is 14.2 Å². The van der Waals surface area contributed by atoms with Gasteiger partial charge >= 0.3 is 5.97 Å². The summed E-state index contributed by atoms with van der Waals surface area (Å²) in [7, 11) is 1.59. The first-order chi connectivity index (χ1) is 14.4. The summed E-state index contributed by atoms with van der Waals surface area (Å²) in [5.41, 5.74) is 2.35. The van der Waals surface area contributed by atoms with Crippen LogP contribution in [0, 0.1) is 5.41 Å². The standard InChI is InChI=1S/C25H26O5/c1-25(2)13-19(26)24-18(12-23(27)30-22(24)14-25)17-9-10-20(21(11-17)28-3)29-15-16-7-5-4-6-8-16/h4-11,18H,12-15H2,1-3H3. The third-order valence-corrected chi connectivity index (χ3v) is 5.66. The Morgan fingerprint density at radius 1 is 1.03 bits per heavy atom. The molecule has 1 heterocycles. The van der Waals surface area contributed by atoms with Crippen LogP contribution in [0.15, 0.2) is 59.9 Å². The Hall–Kier alpha value is -3.08. The summed E-state index contributed by atoms with van der Waals surface area (Å²) in [6.07, 6.45) is 1.19. The van der Waals surface area contributed by atoms with Crippen LogP contribution in [0.3, 0.4) is 0 Å². The fraction of sp³-hybridized carbons (Fsp3) is 0.360. The van der Waals surface area contributed by atoms with E-state index in [1.54, 1.807) is 7.11 Å². The van der Waals surface area contributed by atoms with Crippen molar-refractivity contribution < 1.29 is 23.8 Å². The van der Waals surface area contributed by atoms with Crippen LogP contribution >= 0.6 is 0 Å². The first-order valence-electron chi connectivity index (χ1n) is 10.2. The third-order valence-electron chi connectivity index (χ3n) is 5.66. The average molecular weight is 406 g/mol. The van der Waals surface area contributed by atoms with Crippen LogP contribution in [-0.2, 0) is 20.9 Å². The van der Waals surface area contributed by atoms with Crippen LogP contribution in [0.2, 0.25) is 0 Å². The van der Waals surface area contributed by atoms with E-state index in [0.29, 0.717) is 42.3 Å². The molecule has 2 aromatic carbocycles. The Balaban J connectivity index is 1.63. The van der Waals surface area contributed by atoms with Crippen molar-refractivity contribution in [3.05, 3.63) is 71.0 Å². The molecule has 1 unspecified atom stereocenters. The maximum Gasteiger partial charge on any atom is 0.311 e. The highest BCUT2D eigenvalue weighted by molar-refractivity contribution is 6.00. The van der Waals surface area contributed by atoms with Crippen LogP contribution in [0.5, 0.6) is 11.5 Å². The lowest BCUT2D eigenvalue weighted by Crippen LogP contribution is -2.33. The number of rotatable bonds is 5. The SMILES string of the molecule is COc1cc(C2CC(=O)OC3=C2C(=O)CC(C)(C)C3)ccc1OCc1ccccc1. The second-order valence-corrected chi connectivity index (χ2v) is 8.69. The fourth-order valence-corrected chi connectivity index (χ4v) is 4.25. The highest BCUT2D eigenvalue weighted by atomic mass is 16.5. The fourth-order valence-electron chi connectivity index (χ4n) is 4.25. The lowest BCUT2D eigenvalue weighted by atomic mass is 9.71. The van der Waals surface area contributed by atoms with Crippen molar-refractivity contribution in [2.45, 2.75) is 45.6 Å². The summed E-state index contributed by atoms with van der Waals surface area (Å²) in [4.78, 5) is 25.2. The van der Waals surface area contributed by atoms with E-state index in [0.717, 1.165) is 11.1 Å². The Labute approximate surface area is 176 Å². The second-order valence-electron chi connectivity index (χ2n) is 8.69. The van der Waals surface area contributed by atoms with Gasteiger partial charge in [0.15, 0.2) is 17.3 Å². The van der Waals surface area contributed by atoms with Crippen LogP contribution in [0.4, 0.5) is 0 Å². The molecule has 0 amide bonds. The van der Waals surface area contributed by atoms with Gasteiger partial charge in [-0.05, 0) is 28.7 Å². The molecule has 1 atom stereocenters. The largest absolute Gasteiger partial charge is 0.493 e. The van der Waals surface area contributed by atoms with Crippen molar-refractivity contribution >= 4 is 11.8 Å². The Morgan fingerprint density at radius 3 is 2.53 bits per heavy atom. The van der Waals surface area contributed by atoms with Gasteiger partial charge in [-0.25, -0.2) is 0 Å². The number of esters is 1. The van der Waals surface area contributed by atoms with Gasteiger partial charge in [-0.15, -0.1) is 0 Å². The molecule has 2 aliphatic rings. The van der Waals surface area contributed by atoms with Crippen LogP contribution < -0.4 is 9.47 Å². The number of carbonyl (C=O) groups excluding carboxylic acids is 2. The molecule has 0 saturated heterocycles. The lowest BCUT2D eigenvalue weighted by Gasteiger charge is -2.36. The minimum atomic E-state index is -0.318. The molecule has 4 rings (SSSR count). The molecule has 5 nitrogen and oxygen atoms in total. The zero-order chi connectivity index (χ0) is 21.3. The van der Waals surface area contributed by atoms with Gasteiger partial charge in [-0.2, -0.15) is 0 Å². The van der Waals surface area contributed by atoms with Crippen molar-refractivity contribution in [1.82, 2.24) is 0 Å². The quantitative estimate of drug-likeness (QED) is 0.658. The van der Waals surface area contributed by atoms with Gasteiger partial charge in [0.25, 0.3) is 0 Å². The molecule has 1 aliphatic carbocycles. The number of allylic oxidation sites excluding steroid dienone is 2. The van der Waals surface area contributed by atoms with Crippen molar-refractivity contribution in [3.63, 3.8) is 0 Å². The monoisotopic (exact) mass is 406 g/mol. The number of Topliss-reactive ketones (excluding diaryl/α,β-unsaturated/α-hetero) is 1. The summed E-state index contributed by atoms with van der Waals surface area (Å²) in [5, 5.41) is 0. The molecule has 1 aliphatic heterocycles. The summed E-state index contributed by atoms with van der Waals surface area (Å²) in [5.74, 6) is 1.17. The summed E-state index contributed by atoms with van der Waals surface area (Å²) in [6.45, 7) is 4.47. The van der Waals surface area contributed by atoms with Gasteiger partial charge in [0.2, 0.25) is 0 Å². The zero-order valence-electron chi connectivity index (χ0n) is 17.6. The Kier molecular flexibility index (Phi) is 5.37. The molecule has 0 saturated carbocycles. The van der Waals surface area contributed by atoms with Gasteiger partial charge in [0.05, 0.1) is 13.5 Å². The van der Waals surface area contributed by atoms with E-state index in [-0.39, 0.29) is 29.5 Å². The number of hydrogen-bond acceptors (Lipinski definition) is 5. The second kappa shape index (κ2) is 7.98. The minimum Gasteiger partial charge on any atom is -0.493 e. The molecular formula is C25H26O5. The Morgan fingerprint density at radius 2 is 1.80 bits per heavy atom. The lowest BCUT2D eigenvalue weighted by molar-refractivity contribution is -0.142. The molecule has 2 aromatic rings. The maximum absolute atomic E-state index is 12.9. The van der Waals surface area contributed by atoms with Crippen LogP contribution in [0.1, 0.15) is 50.2 Å². The van der Waals surface area contributed by atoms with E-state index in [9.17, 15) is 9.59 Å². The number of benzene rings is 2. The molecule has 0 spiro atoms. The van der Waals surface area contributed by atoms with Gasteiger partial charge in [-0.3, -0.25) is 9.59 Å². The molecule has 0 fully saturated rings. The van der Waals surface area contributed by atoms with E-state index in [1.165, 1.54) is 0 Å². The first kappa shape index (κ1) is 20.2. The molecule has 156 valence electrons. The average Bonchev–Trinajstić information content (AvgIpc) is 2.71. The van der Waals surface area contributed by atoms with Crippen molar-refractivity contribution in [3.8, 4) is 11.5 Å². The molecule has 0 N–H and O–H groups in total. The normalized spacial score (nSPS) is 20.4. The van der Waals surface area contributed by atoms with Gasteiger partial charge in [-0.1, -0.05) is 50.2 Å². The minimum absolute atomic E-state index is 0.0575. The number of ether oxygens (including phenoxy) is 3. The molecule has 0 aromatic heterocycles. The predicted octanol–water partition coefficient (Wildman–Crippen LogP) is 4.95. The zero-order valence-corrected chi connectivity index (χ0v) is 17.6. The third kappa shape index (κ3) is 4.11. The molecule has 5 heteroatoms. The van der Waals surface area contributed by atoms with Crippen molar-refractivity contribution in [1.29, 1.82) is 0 Å². The Bertz CT molecular complexity index is 1000. The highest BCUT2D eigenvalue weighted by Crippen LogP contribution is 2.46. The van der Waals surface area contributed by atoms with E-state index >= 15 is 0 Å². The number of ketones is 1. The smallest absolute Gasteiger partial charge is 0.311 e. The van der Waals surface area contributed by atoms with E-state index < -0.39 is 0 Å². The summed E-state index contributed by atoms with van der Waals surface area (Å²) in [6, 6.07) is 15.5. The number of carbonyl (C=O) groups is 2. The van der Waals surface area contributed by atoms with Gasteiger partial charge in [0.1, 0.15) is 12.4 Å². The topological polar surface area (TPSA) is 61.8 Å². The van der Waals surface area contributed by atoms with Gasteiger partial charge in [0, 0.05) is 24.3 Å².